The van der Waals surface area contributed by atoms with Crippen LogP contribution < -0.4 is 5.32 Å². The van der Waals surface area contributed by atoms with Gasteiger partial charge in [-0.2, -0.15) is 4.98 Å². The molecule has 0 bridgehead atoms. The van der Waals surface area contributed by atoms with Crippen LogP contribution in [0.1, 0.15) is 50.0 Å². The van der Waals surface area contributed by atoms with Gasteiger partial charge in [0.1, 0.15) is 0 Å². The number of nitrogens with zero attached hydrogens (tertiary/aromatic N) is 3. The number of carbonyl (C=O) groups is 1. The van der Waals surface area contributed by atoms with Crippen molar-refractivity contribution >= 4 is 5.91 Å². The van der Waals surface area contributed by atoms with Crippen LogP contribution in [0.2, 0.25) is 0 Å². The highest BCUT2D eigenvalue weighted by atomic mass is 16.5. The van der Waals surface area contributed by atoms with Gasteiger partial charge in [-0.25, -0.2) is 0 Å². The standard InChI is InChI=1S/C15H20N4O2/c1-3-4-13-18-15(21-19-13)6-5-14(20)17-11(2)12-7-9-16-10-8-12/h7-11H,3-6H2,1-2H3,(H,17,20). The Balaban J connectivity index is 1.79. The average Bonchev–Trinajstić information content (AvgIpc) is 2.94. The highest BCUT2D eigenvalue weighted by Gasteiger charge is 2.12. The number of pyridine rings is 1. The Bertz CT molecular complexity index is 568. The van der Waals surface area contributed by atoms with Gasteiger partial charge in [-0.05, 0) is 31.0 Å². The molecule has 2 rings (SSSR count). The van der Waals surface area contributed by atoms with Gasteiger partial charge in [0.25, 0.3) is 0 Å². The molecule has 0 spiro atoms. The molecule has 0 aliphatic heterocycles. The van der Waals surface area contributed by atoms with Crippen LogP contribution in [-0.2, 0) is 17.6 Å². The first kappa shape index (κ1) is 15.2. The van der Waals surface area contributed by atoms with Crippen molar-refractivity contribution in [1.29, 1.82) is 0 Å². The number of amides is 1. The fraction of sp³-hybridized carbons (Fsp3) is 0.467. The van der Waals surface area contributed by atoms with Crippen LogP contribution in [-0.4, -0.2) is 21.0 Å². The van der Waals surface area contributed by atoms with Crippen molar-refractivity contribution in [1.82, 2.24) is 20.4 Å². The Morgan fingerprint density at radius 3 is 2.81 bits per heavy atom. The second kappa shape index (κ2) is 7.52. The summed E-state index contributed by atoms with van der Waals surface area (Å²) in [5, 5.41) is 6.81. The lowest BCUT2D eigenvalue weighted by atomic mass is 10.1. The topological polar surface area (TPSA) is 80.9 Å². The van der Waals surface area contributed by atoms with E-state index in [1.165, 1.54) is 0 Å². The molecule has 2 heterocycles. The third-order valence-electron chi connectivity index (χ3n) is 3.13. The van der Waals surface area contributed by atoms with E-state index >= 15 is 0 Å². The number of nitrogens with one attached hydrogen (secondary N) is 1. The molecule has 1 atom stereocenters. The first-order valence-electron chi connectivity index (χ1n) is 7.19. The van der Waals surface area contributed by atoms with Crippen LogP contribution in [0.5, 0.6) is 0 Å². The zero-order valence-corrected chi connectivity index (χ0v) is 12.4. The summed E-state index contributed by atoms with van der Waals surface area (Å²) in [6.45, 7) is 4.00. The summed E-state index contributed by atoms with van der Waals surface area (Å²) in [4.78, 5) is 20.1. The summed E-state index contributed by atoms with van der Waals surface area (Å²) in [6.07, 6.45) is 6.00. The van der Waals surface area contributed by atoms with Gasteiger partial charge in [-0.3, -0.25) is 9.78 Å². The molecular weight excluding hydrogens is 268 g/mol. The molecule has 2 aromatic rings. The number of carbonyl (C=O) groups excluding carboxylic acids is 1. The van der Waals surface area contributed by atoms with Crippen molar-refractivity contribution in [2.45, 2.75) is 45.6 Å². The maximum Gasteiger partial charge on any atom is 0.227 e. The molecule has 0 saturated carbocycles. The van der Waals surface area contributed by atoms with Crippen molar-refractivity contribution in [2.75, 3.05) is 0 Å². The quantitative estimate of drug-likeness (QED) is 0.845. The molecule has 1 amide bonds. The zero-order valence-electron chi connectivity index (χ0n) is 12.4. The molecule has 2 aromatic heterocycles. The average molecular weight is 288 g/mol. The van der Waals surface area contributed by atoms with Gasteiger partial charge in [-0.1, -0.05) is 12.1 Å². The van der Waals surface area contributed by atoms with Crippen LogP contribution in [0.15, 0.2) is 29.0 Å². The second-order valence-electron chi connectivity index (χ2n) is 4.92. The largest absolute Gasteiger partial charge is 0.350 e. The Morgan fingerprint density at radius 1 is 1.33 bits per heavy atom. The minimum absolute atomic E-state index is 0.0328. The van der Waals surface area contributed by atoms with Gasteiger partial charge in [0.2, 0.25) is 11.8 Å². The summed E-state index contributed by atoms with van der Waals surface area (Å²) in [6, 6.07) is 3.73. The second-order valence-corrected chi connectivity index (χ2v) is 4.92. The predicted octanol–water partition coefficient (Wildman–Crippen LogP) is 2.23. The molecule has 0 aliphatic carbocycles. The maximum absolute atomic E-state index is 11.9. The SMILES string of the molecule is CCCc1noc(CCC(=O)NC(C)c2ccncc2)n1. The van der Waals surface area contributed by atoms with E-state index in [4.69, 9.17) is 4.52 Å². The molecule has 1 unspecified atom stereocenters. The Hall–Kier alpha value is -2.24. The smallest absolute Gasteiger partial charge is 0.227 e. The number of aryl methyl sites for hydroxylation is 2. The Labute approximate surface area is 124 Å². The molecule has 1 N–H and O–H groups in total. The summed E-state index contributed by atoms with van der Waals surface area (Å²) >= 11 is 0. The normalized spacial score (nSPS) is 12.1. The zero-order chi connectivity index (χ0) is 15.1. The van der Waals surface area contributed by atoms with E-state index in [0.717, 1.165) is 18.4 Å². The van der Waals surface area contributed by atoms with Gasteiger partial charge in [-0.15, -0.1) is 0 Å². The number of hydrogen-bond donors (Lipinski definition) is 1. The number of hydrogen-bond acceptors (Lipinski definition) is 5. The number of aromatic nitrogens is 3. The van der Waals surface area contributed by atoms with E-state index in [2.05, 4.69) is 27.4 Å². The van der Waals surface area contributed by atoms with Gasteiger partial charge in [0, 0.05) is 31.7 Å². The van der Waals surface area contributed by atoms with Crippen molar-refractivity contribution < 1.29 is 9.32 Å². The highest BCUT2D eigenvalue weighted by molar-refractivity contribution is 5.76. The molecule has 0 fully saturated rings. The molecule has 112 valence electrons. The van der Waals surface area contributed by atoms with E-state index in [1.54, 1.807) is 12.4 Å². The molecule has 0 aromatic carbocycles. The Kier molecular flexibility index (Phi) is 5.43. The van der Waals surface area contributed by atoms with Crippen molar-refractivity contribution in [2.24, 2.45) is 0 Å². The van der Waals surface area contributed by atoms with Crippen LogP contribution in [0.3, 0.4) is 0 Å². The monoisotopic (exact) mass is 288 g/mol. The van der Waals surface area contributed by atoms with E-state index in [-0.39, 0.29) is 11.9 Å². The summed E-state index contributed by atoms with van der Waals surface area (Å²) < 4.78 is 5.11. The minimum Gasteiger partial charge on any atom is -0.350 e. The fourth-order valence-electron chi connectivity index (χ4n) is 1.99. The lowest BCUT2D eigenvalue weighted by molar-refractivity contribution is -0.121. The van der Waals surface area contributed by atoms with Gasteiger partial charge >= 0.3 is 0 Å². The van der Waals surface area contributed by atoms with Gasteiger partial charge < -0.3 is 9.84 Å². The minimum atomic E-state index is -0.0427. The first-order chi connectivity index (χ1) is 10.2. The number of rotatable bonds is 7. The fourth-order valence-corrected chi connectivity index (χ4v) is 1.99. The molecule has 0 aliphatic rings. The summed E-state index contributed by atoms with van der Waals surface area (Å²) in [5.41, 5.74) is 1.03. The maximum atomic E-state index is 11.9. The summed E-state index contributed by atoms with van der Waals surface area (Å²) in [7, 11) is 0. The van der Waals surface area contributed by atoms with Crippen molar-refractivity contribution in [3.8, 4) is 0 Å². The molecule has 0 radical (unpaired) electrons. The lowest BCUT2D eigenvalue weighted by Crippen LogP contribution is -2.26. The van der Waals surface area contributed by atoms with E-state index < -0.39 is 0 Å². The molecular formula is C15H20N4O2. The molecule has 21 heavy (non-hydrogen) atoms. The molecule has 0 saturated heterocycles. The third-order valence-corrected chi connectivity index (χ3v) is 3.13. The van der Waals surface area contributed by atoms with Crippen LogP contribution in [0.4, 0.5) is 0 Å². The van der Waals surface area contributed by atoms with Gasteiger partial charge in [0.15, 0.2) is 5.82 Å². The van der Waals surface area contributed by atoms with E-state index in [0.29, 0.717) is 24.6 Å². The van der Waals surface area contributed by atoms with Crippen LogP contribution in [0.25, 0.3) is 0 Å². The molecule has 6 heteroatoms. The van der Waals surface area contributed by atoms with Crippen LogP contribution >= 0.6 is 0 Å². The van der Waals surface area contributed by atoms with Crippen molar-refractivity contribution in [3.05, 3.63) is 41.8 Å². The van der Waals surface area contributed by atoms with Gasteiger partial charge in [0.05, 0.1) is 6.04 Å². The predicted molar refractivity (Wildman–Crippen MR) is 77.4 cm³/mol. The lowest BCUT2D eigenvalue weighted by Gasteiger charge is -2.13. The highest BCUT2D eigenvalue weighted by Crippen LogP contribution is 2.11. The third kappa shape index (κ3) is 4.66. The van der Waals surface area contributed by atoms with E-state index in [9.17, 15) is 4.79 Å². The molecule has 6 nitrogen and oxygen atoms in total. The Morgan fingerprint density at radius 2 is 2.10 bits per heavy atom. The van der Waals surface area contributed by atoms with E-state index in [1.807, 2.05) is 19.1 Å². The van der Waals surface area contributed by atoms with Crippen LogP contribution in [0, 0.1) is 0 Å². The van der Waals surface area contributed by atoms with Crippen molar-refractivity contribution in [3.63, 3.8) is 0 Å². The first-order valence-corrected chi connectivity index (χ1v) is 7.19. The summed E-state index contributed by atoms with van der Waals surface area (Å²) in [5.74, 6) is 1.19.